The Morgan fingerprint density at radius 3 is 3.05 bits per heavy atom. The molecule has 2 N–H and O–H groups in total. The van der Waals surface area contributed by atoms with Gasteiger partial charge in [-0.25, -0.2) is 4.39 Å². The normalized spacial score (nSPS) is 16.9. The van der Waals surface area contributed by atoms with E-state index in [1.807, 2.05) is 0 Å². The molecule has 1 amide bonds. The van der Waals surface area contributed by atoms with Crippen molar-refractivity contribution in [3.05, 3.63) is 29.6 Å². The van der Waals surface area contributed by atoms with Crippen molar-refractivity contribution in [1.82, 2.24) is 10.2 Å². The van der Waals surface area contributed by atoms with Gasteiger partial charge in [-0.3, -0.25) is 9.69 Å². The van der Waals surface area contributed by atoms with Crippen molar-refractivity contribution in [2.24, 2.45) is 0 Å². The summed E-state index contributed by atoms with van der Waals surface area (Å²) < 4.78 is 13.6. The first kappa shape index (κ1) is 14.0. The molecule has 0 atom stereocenters. The van der Waals surface area contributed by atoms with Crippen LogP contribution in [0.4, 0.5) is 10.1 Å². The van der Waals surface area contributed by atoms with Gasteiger partial charge >= 0.3 is 0 Å². The Hall–Kier alpha value is -1.46. The number of carbonyl (C=O) groups is 1. The van der Waals surface area contributed by atoms with E-state index in [2.05, 4.69) is 15.5 Å². The van der Waals surface area contributed by atoms with E-state index in [4.69, 9.17) is 0 Å². The number of carbonyl (C=O) groups excluding carboxylic acids is 1. The standard InChI is InChI=1S/C14H20FN3O/c1-11-4-2-5-12(15)14(11)17-13(19)10-18-8-3-6-16-7-9-18/h2,4-5,16H,3,6-10H2,1H3,(H,17,19). The monoisotopic (exact) mass is 265 g/mol. The summed E-state index contributed by atoms with van der Waals surface area (Å²) in [6, 6.07) is 4.79. The van der Waals surface area contributed by atoms with Crippen molar-refractivity contribution in [1.29, 1.82) is 0 Å². The van der Waals surface area contributed by atoms with E-state index >= 15 is 0 Å². The maximum Gasteiger partial charge on any atom is 0.238 e. The molecule has 1 heterocycles. The van der Waals surface area contributed by atoms with Gasteiger partial charge in [0.25, 0.3) is 0 Å². The van der Waals surface area contributed by atoms with E-state index in [1.165, 1.54) is 6.07 Å². The lowest BCUT2D eigenvalue weighted by Crippen LogP contribution is -2.35. The lowest BCUT2D eigenvalue weighted by atomic mass is 10.2. The molecule has 0 aromatic heterocycles. The molecule has 1 aromatic carbocycles. The number of nitrogens with one attached hydrogen (secondary N) is 2. The number of hydrogen-bond acceptors (Lipinski definition) is 3. The van der Waals surface area contributed by atoms with Crippen LogP contribution in [0, 0.1) is 12.7 Å². The van der Waals surface area contributed by atoms with Crippen LogP contribution in [-0.2, 0) is 4.79 Å². The van der Waals surface area contributed by atoms with Crippen LogP contribution in [0.5, 0.6) is 0 Å². The third kappa shape index (κ3) is 4.01. The average molecular weight is 265 g/mol. The van der Waals surface area contributed by atoms with Gasteiger partial charge < -0.3 is 10.6 Å². The van der Waals surface area contributed by atoms with Crippen molar-refractivity contribution in [2.75, 3.05) is 38.0 Å². The number of anilines is 1. The zero-order chi connectivity index (χ0) is 13.7. The summed E-state index contributed by atoms with van der Waals surface area (Å²) in [5.41, 5.74) is 1.03. The average Bonchev–Trinajstić information content (AvgIpc) is 2.63. The highest BCUT2D eigenvalue weighted by molar-refractivity contribution is 5.93. The third-order valence-corrected chi connectivity index (χ3v) is 3.29. The fraction of sp³-hybridized carbons (Fsp3) is 0.500. The molecule has 5 heteroatoms. The number of aryl methyl sites for hydroxylation is 1. The topological polar surface area (TPSA) is 44.4 Å². The van der Waals surface area contributed by atoms with Crippen LogP contribution in [0.2, 0.25) is 0 Å². The number of hydrogen-bond donors (Lipinski definition) is 2. The van der Waals surface area contributed by atoms with Gasteiger partial charge in [-0.15, -0.1) is 0 Å². The van der Waals surface area contributed by atoms with Crippen LogP contribution in [0.15, 0.2) is 18.2 Å². The molecule has 0 unspecified atom stereocenters. The highest BCUT2D eigenvalue weighted by Gasteiger charge is 2.14. The maximum atomic E-state index is 13.6. The summed E-state index contributed by atoms with van der Waals surface area (Å²) in [7, 11) is 0. The van der Waals surface area contributed by atoms with Gasteiger partial charge in [0.1, 0.15) is 5.82 Å². The fourth-order valence-corrected chi connectivity index (χ4v) is 2.23. The summed E-state index contributed by atoms with van der Waals surface area (Å²) in [4.78, 5) is 14.0. The van der Waals surface area contributed by atoms with Gasteiger partial charge in [-0.1, -0.05) is 12.1 Å². The molecule has 1 aromatic rings. The second kappa shape index (κ2) is 6.63. The number of benzene rings is 1. The van der Waals surface area contributed by atoms with Gasteiger partial charge in [0.2, 0.25) is 5.91 Å². The zero-order valence-electron chi connectivity index (χ0n) is 11.2. The molecule has 1 aliphatic rings. The third-order valence-electron chi connectivity index (χ3n) is 3.29. The molecular weight excluding hydrogens is 245 g/mol. The van der Waals surface area contributed by atoms with Crippen LogP contribution >= 0.6 is 0 Å². The Kier molecular flexibility index (Phi) is 4.87. The number of rotatable bonds is 3. The van der Waals surface area contributed by atoms with E-state index in [9.17, 15) is 9.18 Å². The summed E-state index contributed by atoms with van der Waals surface area (Å²) in [5.74, 6) is -0.541. The molecular formula is C14H20FN3O. The number of halogens is 1. The van der Waals surface area contributed by atoms with Gasteiger partial charge in [0.05, 0.1) is 12.2 Å². The van der Waals surface area contributed by atoms with Gasteiger partial charge in [-0.05, 0) is 38.1 Å². The molecule has 2 rings (SSSR count). The molecule has 0 aliphatic carbocycles. The minimum absolute atomic E-state index is 0.157. The van der Waals surface area contributed by atoms with Crippen LogP contribution in [0.25, 0.3) is 0 Å². The quantitative estimate of drug-likeness (QED) is 0.867. The smallest absolute Gasteiger partial charge is 0.238 e. The second-order valence-corrected chi connectivity index (χ2v) is 4.86. The Morgan fingerprint density at radius 2 is 2.26 bits per heavy atom. The van der Waals surface area contributed by atoms with E-state index in [1.54, 1.807) is 19.1 Å². The fourth-order valence-electron chi connectivity index (χ4n) is 2.23. The molecule has 1 saturated heterocycles. The maximum absolute atomic E-state index is 13.6. The van der Waals surface area contributed by atoms with E-state index < -0.39 is 0 Å². The summed E-state index contributed by atoms with van der Waals surface area (Å²) in [6.45, 7) is 5.74. The summed E-state index contributed by atoms with van der Waals surface area (Å²) >= 11 is 0. The van der Waals surface area contributed by atoms with Crippen LogP contribution in [-0.4, -0.2) is 43.5 Å². The zero-order valence-corrected chi connectivity index (χ0v) is 11.2. The van der Waals surface area contributed by atoms with Crippen LogP contribution in [0.1, 0.15) is 12.0 Å². The molecule has 0 spiro atoms. The van der Waals surface area contributed by atoms with E-state index in [-0.39, 0.29) is 11.7 Å². The molecule has 1 aliphatic heterocycles. The summed E-state index contributed by atoms with van der Waals surface area (Å²) in [6.07, 6.45) is 1.03. The Balaban J connectivity index is 1.93. The second-order valence-electron chi connectivity index (χ2n) is 4.86. The van der Waals surface area contributed by atoms with Crippen LogP contribution < -0.4 is 10.6 Å². The molecule has 0 saturated carbocycles. The molecule has 4 nitrogen and oxygen atoms in total. The molecule has 0 bridgehead atoms. The largest absolute Gasteiger partial charge is 0.322 e. The lowest BCUT2D eigenvalue weighted by Gasteiger charge is -2.19. The van der Waals surface area contributed by atoms with Gasteiger partial charge in [0, 0.05) is 13.1 Å². The number of amides is 1. The minimum Gasteiger partial charge on any atom is -0.322 e. The van der Waals surface area contributed by atoms with E-state index in [0.717, 1.165) is 38.2 Å². The van der Waals surface area contributed by atoms with Gasteiger partial charge in [-0.2, -0.15) is 0 Å². The SMILES string of the molecule is Cc1cccc(F)c1NC(=O)CN1CCCNCC1. The van der Waals surface area contributed by atoms with Crippen molar-refractivity contribution >= 4 is 11.6 Å². The lowest BCUT2D eigenvalue weighted by molar-refractivity contribution is -0.117. The number of nitrogens with zero attached hydrogens (tertiary/aromatic N) is 1. The predicted octanol–water partition coefficient (Wildman–Crippen LogP) is 1.37. The molecule has 19 heavy (non-hydrogen) atoms. The Labute approximate surface area is 113 Å². The molecule has 104 valence electrons. The molecule has 0 radical (unpaired) electrons. The molecule has 1 fully saturated rings. The van der Waals surface area contributed by atoms with Crippen molar-refractivity contribution in [3.63, 3.8) is 0 Å². The van der Waals surface area contributed by atoms with Gasteiger partial charge in [0.15, 0.2) is 0 Å². The number of para-hydroxylation sites is 1. The first-order valence-corrected chi connectivity index (χ1v) is 6.65. The first-order valence-electron chi connectivity index (χ1n) is 6.65. The first-order chi connectivity index (χ1) is 9.16. The Bertz CT molecular complexity index is 422. The van der Waals surface area contributed by atoms with E-state index in [0.29, 0.717) is 12.2 Å². The summed E-state index contributed by atoms with van der Waals surface area (Å²) in [5, 5.41) is 5.96. The predicted molar refractivity (Wildman–Crippen MR) is 73.7 cm³/mol. The van der Waals surface area contributed by atoms with Crippen molar-refractivity contribution in [3.8, 4) is 0 Å². The van der Waals surface area contributed by atoms with Crippen molar-refractivity contribution < 1.29 is 9.18 Å². The highest BCUT2D eigenvalue weighted by atomic mass is 19.1. The minimum atomic E-state index is -0.383. The van der Waals surface area contributed by atoms with Crippen molar-refractivity contribution in [2.45, 2.75) is 13.3 Å². The Morgan fingerprint density at radius 1 is 1.42 bits per heavy atom. The van der Waals surface area contributed by atoms with Crippen LogP contribution in [0.3, 0.4) is 0 Å². The highest BCUT2D eigenvalue weighted by Crippen LogP contribution is 2.18.